The van der Waals surface area contributed by atoms with Crippen LogP contribution in [0.3, 0.4) is 0 Å². The average Bonchev–Trinajstić information content (AvgIpc) is 3.37. The van der Waals surface area contributed by atoms with Gasteiger partial charge < -0.3 is 24.0 Å². The quantitative estimate of drug-likeness (QED) is 0.270. The Balaban J connectivity index is 1.22. The van der Waals surface area contributed by atoms with Crippen LogP contribution in [0, 0.1) is 6.92 Å². The highest BCUT2D eigenvalue weighted by Crippen LogP contribution is 2.32. The van der Waals surface area contributed by atoms with Crippen LogP contribution in [-0.2, 0) is 13.1 Å². The van der Waals surface area contributed by atoms with E-state index in [0.29, 0.717) is 24.3 Å². The van der Waals surface area contributed by atoms with Crippen LogP contribution in [0.5, 0.6) is 5.75 Å². The summed E-state index contributed by atoms with van der Waals surface area (Å²) >= 11 is 0. The van der Waals surface area contributed by atoms with Gasteiger partial charge in [0.2, 0.25) is 0 Å². The van der Waals surface area contributed by atoms with Crippen LogP contribution < -0.4 is 9.64 Å². The summed E-state index contributed by atoms with van der Waals surface area (Å²) in [5.74, 6) is 0.804. The maximum absolute atomic E-state index is 14.2. The van der Waals surface area contributed by atoms with Gasteiger partial charge in [-0.25, -0.2) is 0 Å². The van der Waals surface area contributed by atoms with Gasteiger partial charge in [0.15, 0.2) is 0 Å². The number of amides is 2. The van der Waals surface area contributed by atoms with E-state index in [-0.39, 0.29) is 11.8 Å². The molecule has 6 rings (SSSR count). The minimum absolute atomic E-state index is 0.0596. The number of piperazine rings is 1. The van der Waals surface area contributed by atoms with Crippen LogP contribution in [-0.4, -0.2) is 91.6 Å². The fourth-order valence-corrected chi connectivity index (χ4v) is 6.54. The maximum atomic E-state index is 14.2. The lowest BCUT2D eigenvalue weighted by molar-refractivity contribution is 0.0623. The number of para-hydroxylation sites is 1. The number of anilines is 1. The number of rotatable bonds is 8. The van der Waals surface area contributed by atoms with Crippen LogP contribution in [0.15, 0.2) is 78.9 Å². The number of carbonyl (C=O) groups is 2. The molecule has 3 aromatic carbocycles. The summed E-state index contributed by atoms with van der Waals surface area (Å²) < 4.78 is 7.52. The first kappa shape index (κ1) is 30.6. The Morgan fingerprint density at radius 3 is 2.40 bits per heavy atom. The normalized spacial score (nSPS) is 15.0. The summed E-state index contributed by atoms with van der Waals surface area (Å²) in [7, 11) is 5.87. The van der Waals surface area contributed by atoms with Gasteiger partial charge in [0.05, 0.1) is 20.2 Å². The van der Waals surface area contributed by atoms with E-state index >= 15 is 0 Å². The summed E-state index contributed by atoms with van der Waals surface area (Å²) in [4.78, 5) is 36.5. The SMILES string of the molecule is COc1cccc(-c2ccc(C(=O)N3Cc4ccc(C(=O)N5CCN(CCCN(C)C)CC5)n4Cc4ccccc43)cc2C)c1. The largest absolute Gasteiger partial charge is 0.497 e. The number of carbonyl (C=O) groups excluding carboxylic acids is 2. The van der Waals surface area contributed by atoms with Gasteiger partial charge in [0.1, 0.15) is 11.4 Å². The third-order valence-electron chi connectivity index (χ3n) is 9.06. The number of hydrogen-bond donors (Lipinski definition) is 0. The Kier molecular flexibility index (Phi) is 9.05. The van der Waals surface area contributed by atoms with Crippen LogP contribution >= 0.6 is 0 Å². The molecule has 2 aliphatic heterocycles. The van der Waals surface area contributed by atoms with Crippen molar-refractivity contribution in [3.8, 4) is 16.9 Å². The number of aryl methyl sites for hydroxylation is 1. The first-order valence-corrected chi connectivity index (χ1v) is 15.8. The van der Waals surface area contributed by atoms with Crippen molar-refractivity contribution in [2.75, 3.05) is 65.4 Å². The van der Waals surface area contributed by atoms with E-state index < -0.39 is 0 Å². The van der Waals surface area contributed by atoms with Gasteiger partial charge >= 0.3 is 0 Å². The molecule has 8 nitrogen and oxygen atoms in total. The molecule has 0 spiro atoms. The predicted molar refractivity (Wildman–Crippen MR) is 179 cm³/mol. The molecular formula is C37H43N5O3. The lowest BCUT2D eigenvalue weighted by Gasteiger charge is -2.35. The first-order chi connectivity index (χ1) is 21.8. The third-order valence-corrected chi connectivity index (χ3v) is 9.06. The van der Waals surface area contributed by atoms with Crippen LogP contribution in [0.2, 0.25) is 0 Å². The topological polar surface area (TPSA) is 61.3 Å². The van der Waals surface area contributed by atoms with Gasteiger partial charge in [0, 0.05) is 43.1 Å². The van der Waals surface area contributed by atoms with E-state index in [1.807, 2.05) is 83.5 Å². The molecule has 4 aromatic rings. The Morgan fingerprint density at radius 1 is 0.844 bits per heavy atom. The summed E-state index contributed by atoms with van der Waals surface area (Å²) in [6.07, 6.45) is 1.13. The third kappa shape index (κ3) is 6.53. The molecule has 1 saturated heterocycles. The van der Waals surface area contributed by atoms with Crippen molar-refractivity contribution in [2.45, 2.75) is 26.4 Å². The molecule has 2 aliphatic rings. The summed E-state index contributed by atoms with van der Waals surface area (Å²) in [5.41, 5.74) is 7.30. The fourth-order valence-electron chi connectivity index (χ4n) is 6.54. The van der Waals surface area contributed by atoms with E-state index in [2.05, 4.69) is 40.6 Å². The highest BCUT2D eigenvalue weighted by Gasteiger charge is 2.30. The molecule has 45 heavy (non-hydrogen) atoms. The van der Waals surface area contributed by atoms with E-state index in [0.717, 1.165) is 85.1 Å². The molecule has 3 heterocycles. The molecule has 8 heteroatoms. The van der Waals surface area contributed by atoms with Crippen LogP contribution in [0.1, 0.15) is 44.1 Å². The second-order valence-corrected chi connectivity index (χ2v) is 12.4. The lowest BCUT2D eigenvalue weighted by Crippen LogP contribution is -2.49. The smallest absolute Gasteiger partial charge is 0.270 e. The van der Waals surface area contributed by atoms with Crippen LogP contribution in [0.25, 0.3) is 11.1 Å². The molecule has 0 radical (unpaired) electrons. The second-order valence-electron chi connectivity index (χ2n) is 12.4. The molecule has 2 amide bonds. The van der Waals surface area contributed by atoms with Crippen molar-refractivity contribution in [3.05, 3.63) is 107 Å². The summed E-state index contributed by atoms with van der Waals surface area (Å²) in [5, 5.41) is 0. The maximum Gasteiger partial charge on any atom is 0.270 e. The van der Waals surface area contributed by atoms with E-state index in [4.69, 9.17) is 4.74 Å². The molecule has 0 bridgehead atoms. The summed E-state index contributed by atoms with van der Waals surface area (Å²) in [6, 6.07) is 25.8. The standard InChI is InChI=1S/C37H43N5O3/c1-27-23-29(13-15-33(27)28-10-7-11-32(24-28)45-4)36(43)42-26-31-14-16-35(41(31)25-30-9-5-6-12-34(30)42)37(44)40-21-19-39(20-22-40)18-8-17-38(2)3/h5-7,9-16,23-24H,8,17-22,25-26H2,1-4H3. The van der Waals surface area contributed by atoms with Crippen molar-refractivity contribution in [2.24, 2.45) is 0 Å². The van der Waals surface area contributed by atoms with E-state index in [1.165, 1.54) is 0 Å². The number of benzene rings is 3. The van der Waals surface area contributed by atoms with Gasteiger partial charge in [-0.2, -0.15) is 0 Å². The Bertz CT molecular complexity index is 1690. The van der Waals surface area contributed by atoms with Crippen molar-refractivity contribution in [1.82, 2.24) is 19.3 Å². The molecule has 1 aromatic heterocycles. The molecule has 1 fully saturated rings. The second kappa shape index (κ2) is 13.3. The van der Waals surface area contributed by atoms with E-state index in [1.54, 1.807) is 7.11 Å². The van der Waals surface area contributed by atoms with E-state index in [9.17, 15) is 9.59 Å². The number of nitrogens with zero attached hydrogens (tertiary/aromatic N) is 5. The molecule has 0 saturated carbocycles. The van der Waals surface area contributed by atoms with Gasteiger partial charge in [-0.1, -0.05) is 36.4 Å². The number of ether oxygens (including phenoxy) is 1. The lowest BCUT2D eigenvalue weighted by atomic mass is 9.97. The zero-order valence-corrected chi connectivity index (χ0v) is 26.8. The molecule has 0 atom stereocenters. The monoisotopic (exact) mass is 605 g/mol. The molecule has 0 aliphatic carbocycles. The number of methoxy groups -OCH3 is 1. The van der Waals surface area contributed by atoms with Crippen molar-refractivity contribution in [1.29, 1.82) is 0 Å². The number of hydrogen-bond acceptors (Lipinski definition) is 5. The Hall–Kier alpha value is -4.40. The Labute approximate surface area is 266 Å². The molecule has 0 N–H and O–H groups in total. The molecule has 0 unspecified atom stereocenters. The van der Waals surface area contributed by atoms with Crippen molar-refractivity contribution in [3.63, 3.8) is 0 Å². The fraction of sp³-hybridized carbons (Fsp3) is 0.351. The van der Waals surface area contributed by atoms with Gasteiger partial charge in [0.25, 0.3) is 11.8 Å². The van der Waals surface area contributed by atoms with Crippen molar-refractivity contribution < 1.29 is 14.3 Å². The number of fused-ring (bicyclic) bond motifs is 2. The highest BCUT2D eigenvalue weighted by molar-refractivity contribution is 6.07. The molecular weight excluding hydrogens is 562 g/mol. The average molecular weight is 606 g/mol. The minimum atomic E-state index is -0.0596. The molecule has 234 valence electrons. The van der Waals surface area contributed by atoms with Gasteiger partial charge in [-0.05, 0) is 105 Å². The summed E-state index contributed by atoms with van der Waals surface area (Å²) in [6.45, 7) is 8.36. The highest BCUT2D eigenvalue weighted by atomic mass is 16.5. The zero-order chi connectivity index (χ0) is 31.5. The van der Waals surface area contributed by atoms with Gasteiger partial charge in [-0.3, -0.25) is 14.5 Å². The predicted octanol–water partition coefficient (Wildman–Crippen LogP) is 5.39. The number of aromatic nitrogens is 1. The van der Waals surface area contributed by atoms with Crippen molar-refractivity contribution >= 4 is 17.5 Å². The van der Waals surface area contributed by atoms with Crippen LogP contribution in [0.4, 0.5) is 5.69 Å². The zero-order valence-electron chi connectivity index (χ0n) is 26.8. The first-order valence-electron chi connectivity index (χ1n) is 15.8. The van der Waals surface area contributed by atoms with Gasteiger partial charge in [-0.15, -0.1) is 0 Å². The minimum Gasteiger partial charge on any atom is -0.497 e. The Morgan fingerprint density at radius 2 is 1.64 bits per heavy atom.